The second kappa shape index (κ2) is 9.82. The molecule has 30 heavy (non-hydrogen) atoms. The fourth-order valence-electron chi connectivity index (χ4n) is 3.36. The minimum absolute atomic E-state index is 0.00995. The number of nitrogens with one attached hydrogen (secondary N) is 1. The predicted molar refractivity (Wildman–Crippen MR) is 116 cm³/mol. The first kappa shape index (κ1) is 23.3. The Bertz CT molecular complexity index is 834. The van der Waals surface area contributed by atoms with Crippen LogP contribution in [0, 0.1) is 5.21 Å². The molecule has 1 aromatic heterocycles. The lowest BCUT2D eigenvalue weighted by molar-refractivity contribution is -0.138. The number of hydrogen-bond donors (Lipinski definition) is 1. The van der Waals surface area contributed by atoms with Crippen LogP contribution in [0.4, 0.5) is 24.0 Å². The topological polar surface area (TPSA) is 64.1 Å². The van der Waals surface area contributed by atoms with Crippen molar-refractivity contribution in [3.63, 3.8) is 0 Å². The summed E-state index contributed by atoms with van der Waals surface area (Å²) in [5.74, 6) is 1.03. The monoisotopic (exact) mass is 461 g/mol. The number of benzene rings is 1. The third kappa shape index (κ3) is 5.64. The molecule has 1 aromatic carbocycles. The van der Waals surface area contributed by atoms with Crippen molar-refractivity contribution in [1.29, 1.82) is 0 Å². The van der Waals surface area contributed by atoms with Crippen molar-refractivity contribution >= 4 is 33.9 Å². The fourth-order valence-corrected chi connectivity index (χ4v) is 5.12. The Kier molecular flexibility index (Phi) is 7.61. The summed E-state index contributed by atoms with van der Waals surface area (Å²) in [6.45, 7) is 2.58. The van der Waals surface area contributed by atoms with Crippen LogP contribution in [0.15, 0.2) is 29.2 Å². The maximum atomic E-state index is 13.5. The Hall–Kier alpha value is -1.40. The van der Waals surface area contributed by atoms with Gasteiger partial charge in [0.05, 0.1) is 6.54 Å². The molecular weight excluding hydrogens is 435 g/mol. The van der Waals surface area contributed by atoms with E-state index in [9.17, 15) is 18.4 Å². The molecule has 11 heteroatoms. The molecule has 3 rings (SSSR count). The molecule has 1 fully saturated rings. The van der Waals surface area contributed by atoms with E-state index in [1.54, 1.807) is 23.7 Å². The number of quaternary nitrogens is 1. The Morgan fingerprint density at radius 2 is 2.10 bits per heavy atom. The third-order valence-corrected chi connectivity index (χ3v) is 7.01. The first-order valence-corrected chi connectivity index (χ1v) is 11.7. The van der Waals surface area contributed by atoms with Gasteiger partial charge in [0.1, 0.15) is 6.67 Å². The fraction of sp³-hybridized carbons (Fsp3) is 0.579. The van der Waals surface area contributed by atoms with Gasteiger partial charge < -0.3 is 10.5 Å². The number of thioether (sulfide) groups is 1. The molecule has 2 aromatic rings. The number of hydrogen-bond acceptors (Lipinski definition) is 7. The molecule has 2 unspecified atom stereocenters. The summed E-state index contributed by atoms with van der Waals surface area (Å²) in [5, 5.41) is 22.2. The van der Waals surface area contributed by atoms with Gasteiger partial charge >= 0.3 is 11.3 Å². The van der Waals surface area contributed by atoms with Crippen LogP contribution in [0.3, 0.4) is 0 Å². The van der Waals surface area contributed by atoms with Crippen LogP contribution < -0.4 is 9.96 Å². The van der Waals surface area contributed by atoms with E-state index in [2.05, 4.69) is 22.4 Å². The van der Waals surface area contributed by atoms with Gasteiger partial charge in [0.15, 0.2) is 6.17 Å². The van der Waals surface area contributed by atoms with Crippen molar-refractivity contribution in [2.24, 2.45) is 0 Å². The van der Waals surface area contributed by atoms with E-state index in [1.807, 2.05) is 24.3 Å². The van der Waals surface area contributed by atoms with Crippen LogP contribution >= 0.6 is 23.1 Å². The molecule has 2 heterocycles. The van der Waals surface area contributed by atoms with Crippen molar-refractivity contribution in [3.8, 4) is 0 Å². The highest BCUT2D eigenvalue weighted by Crippen LogP contribution is 2.39. The van der Waals surface area contributed by atoms with Crippen LogP contribution in [-0.4, -0.2) is 47.3 Å². The standard InChI is InChI=1S/C19H26F3N5OS2/c1-3-4-5-6-10-29-15-9-7-8-14(11-15)23-16-12-26(2)13-27(16,28)18-25-24-17(30-18)19(20,21)22/h7-9,11,16,23H,3-6,10,12-13H2,1-2H3. The lowest BCUT2D eigenvalue weighted by atomic mass is 10.2. The quantitative estimate of drug-likeness (QED) is 0.234. The van der Waals surface area contributed by atoms with Gasteiger partial charge in [0, 0.05) is 10.6 Å². The summed E-state index contributed by atoms with van der Waals surface area (Å²) in [5.41, 5.74) is 0.771. The predicted octanol–water partition coefficient (Wildman–Crippen LogP) is 5.38. The minimum atomic E-state index is -4.60. The number of halogens is 3. The van der Waals surface area contributed by atoms with E-state index < -0.39 is 22.0 Å². The molecule has 0 amide bonds. The highest BCUT2D eigenvalue weighted by Gasteiger charge is 2.45. The van der Waals surface area contributed by atoms with Crippen molar-refractivity contribution in [3.05, 3.63) is 34.5 Å². The average molecular weight is 462 g/mol. The van der Waals surface area contributed by atoms with E-state index in [4.69, 9.17) is 0 Å². The van der Waals surface area contributed by atoms with Crippen LogP contribution in [0.25, 0.3) is 0 Å². The molecule has 1 saturated heterocycles. The van der Waals surface area contributed by atoms with Crippen LogP contribution in [0.1, 0.15) is 37.6 Å². The zero-order valence-electron chi connectivity index (χ0n) is 17.0. The Morgan fingerprint density at radius 3 is 2.80 bits per heavy atom. The van der Waals surface area contributed by atoms with Gasteiger partial charge in [-0.15, -0.1) is 16.9 Å². The maximum absolute atomic E-state index is 13.5. The van der Waals surface area contributed by atoms with Gasteiger partial charge in [0.25, 0.3) is 0 Å². The van der Waals surface area contributed by atoms with E-state index in [1.165, 1.54) is 19.3 Å². The van der Waals surface area contributed by atoms with Crippen LogP contribution in [-0.2, 0) is 6.18 Å². The zero-order chi connectivity index (χ0) is 21.8. The summed E-state index contributed by atoms with van der Waals surface area (Å²) in [6, 6.07) is 7.79. The molecule has 0 saturated carbocycles. The summed E-state index contributed by atoms with van der Waals surface area (Å²) >= 11 is 2.08. The lowest BCUT2D eigenvalue weighted by Gasteiger charge is -2.39. The molecular formula is C19H26F3N5OS2. The number of alkyl halides is 3. The van der Waals surface area contributed by atoms with Crippen molar-refractivity contribution < 1.29 is 13.2 Å². The van der Waals surface area contributed by atoms with Crippen molar-refractivity contribution in [2.45, 2.75) is 49.8 Å². The smallest absolute Gasteiger partial charge is 0.445 e. The molecule has 1 N–H and O–H groups in total. The third-order valence-electron chi connectivity index (χ3n) is 4.85. The molecule has 6 nitrogen and oxygen atoms in total. The number of rotatable bonds is 9. The molecule has 0 aliphatic carbocycles. The summed E-state index contributed by atoms with van der Waals surface area (Å²) in [6.07, 6.45) is -0.464. The van der Waals surface area contributed by atoms with Crippen LogP contribution in [0.5, 0.6) is 0 Å². The largest absolute Gasteiger partial charge is 0.623 e. The molecule has 0 radical (unpaired) electrons. The average Bonchev–Trinajstić information content (AvgIpc) is 3.28. The van der Waals surface area contributed by atoms with Crippen molar-refractivity contribution in [1.82, 2.24) is 19.7 Å². The summed E-state index contributed by atoms with van der Waals surface area (Å²) in [7, 11) is 1.76. The molecule has 166 valence electrons. The molecule has 1 aliphatic rings. The number of hydroxylamine groups is 2. The van der Waals surface area contributed by atoms with E-state index in [-0.39, 0.29) is 11.8 Å². The number of likely N-dealkylation sites (N-methyl/N-ethyl adjacent to an activating group) is 1. The highest BCUT2D eigenvalue weighted by atomic mass is 32.2. The second-order valence-corrected chi connectivity index (χ2v) is 9.58. The van der Waals surface area contributed by atoms with Gasteiger partial charge in [-0.1, -0.05) is 37.4 Å². The second-order valence-electron chi connectivity index (χ2n) is 7.46. The highest BCUT2D eigenvalue weighted by molar-refractivity contribution is 7.99. The Morgan fingerprint density at radius 1 is 1.30 bits per heavy atom. The normalized spacial score (nSPS) is 22.5. The molecule has 2 atom stereocenters. The van der Waals surface area contributed by atoms with Crippen molar-refractivity contribution in [2.75, 3.05) is 31.3 Å². The SMILES string of the molecule is CCCCCCSc1cccc(NC2CN(C)C[N+]2([O-])c2nnc(C(F)(F)F)s2)c1. The first-order chi connectivity index (χ1) is 14.2. The Labute approximate surface area is 182 Å². The number of anilines is 1. The molecule has 0 spiro atoms. The van der Waals surface area contributed by atoms with Gasteiger partial charge in [-0.25, -0.2) is 0 Å². The summed E-state index contributed by atoms with van der Waals surface area (Å²) in [4.78, 5) is 2.88. The van der Waals surface area contributed by atoms with Gasteiger partial charge in [-0.2, -0.15) is 13.2 Å². The molecule has 0 bridgehead atoms. The number of nitrogens with zero attached hydrogens (tertiary/aromatic N) is 4. The van der Waals surface area contributed by atoms with Gasteiger partial charge in [-0.05, 0) is 48.8 Å². The lowest BCUT2D eigenvalue weighted by Crippen LogP contribution is -2.52. The van der Waals surface area contributed by atoms with E-state index in [0.717, 1.165) is 22.8 Å². The van der Waals surface area contributed by atoms with E-state index in [0.29, 0.717) is 17.9 Å². The number of unbranched alkanes of at least 4 members (excludes halogenated alkanes) is 3. The minimum Gasteiger partial charge on any atom is -0.623 e. The van der Waals surface area contributed by atoms with Gasteiger partial charge in [0.2, 0.25) is 5.01 Å². The van der Waals surface area contributed by atoms with Gasteiger partial charge in [-0.3, -0.25) is 9.55 Å². The number of aromatic nitrogens is 2. The van der Waals surface area contributed by atoms with E-state index >= 15 is 0 Å². The summed E-state index contributed by atoms with van der Waals surface area (Å²) < 4.78 is 37.8. The van der Waals surface area contributed by atoms with Crippen LogP contribution in [0.2, 0.25) is 0 Å². The Balaban J connectivity index is 1.70. The first-order valence-electron chi connectivity index (χ1n) is 9.90. The molecule has 1 aliphatic heterocycles. The maximum Gasteiger partial charge on any atom is 0.445 e. The zero-order valence-corrected chi connectivity index (χ0v) is 18.6.